The van der Waals surface area contributed by atoms with E-state index in [0.717, 1.165) is 32.4 Å². The lowest BCUT2D eigenvalue weighted by Crippen LogP contribution is -2.41. The third kappa shape index (κ3) is 5.95. The van der Waals surface area contributed by atoms with Crippen LogP contribution in [0.1, 0.15) is 56.3 Å². The first kappa shape index (κ1) is 21.2. The van der Waals surface area contributed by atoms with Crippen molar-refractivity contribution in [2.24, 2.45) is 0 Å². The molecule has 148 valence electrons. The highest BCUT2D eigenvalue weighted by atomic mass is 32.2. The van der Waals surface area contributed by atoms with Crippen molar-refractivity contribution >= 4 is 29.5 Å². The molecule has 0 radical (unpaired) electrons. The lowest BCUT2D eigenvalue weighted by molar-refractivity contribution is -0.139. The Bertz CT molecular complexity index is 677. The molecule has 1 aliphatic heterocycles. The summed E-state index contributed by atoms with van der Waals surface area (Å²) in [6.45, 7) is 5.33. The van der Waals surface area contributed by atoms with Gasteiger partial charge in [-0.15, -0.1) is 0 Å². The van der Waals surface area contributed by atoms with Crippen molar-refractivity contribution in [3.63, 3.8) is 0 Å². The smallest absolute Gasteiger partial charge is 0.326 e. The number of hydrogen-bond acceptors (Lipinski definition) is 5. The van der Waals surface area contributed by atoms with Crippen molar-refractivity contribution < 1.29 is 19.5 Å². The Balaban J connectivity index is 2.08. The van der Waals surface area contributed by atoms with Gasteiger partial charge in [0.25, 0.3) is 5.91 Å². The van der Waals surface area contributed by atoms with E-state index in [9.17, 15) is 19.5 Å². The fourth-order valence-electron chi connectivity index (χ4n) is 2.97. The van der Waals surface area contributed by atoms with Gasteiger partial charge in [0.05, 0.1) is 10.8 Å². The minimum atomic E-state index is -1.05. The number of rotatable bonds is 9. The molecule has 0 bridgehead atoms. The van der Waals surface area contributed by atoms with Crippen LogP contribution in [0.2, 0.25) is 0 Å². The summed E-state index contributed by atoms with van der Waals surface area (Å²) in [4.78, 5) is 42.6. The van der Waals surface area contributed by atoms with Gasteiger partial charge < -0.3 is 15.3 Å². The second-order valence-electron chi connectivity index (χ2n) is 6.66. The number of aliphatic carboxylic acids is 1. The lowest BCUT2D eigenvalue weighted by atomic mass is 10.1. The van der Waals surface area contributed by atoms with Crippen molar-refractivity contribution in [1.29, 1.82) is 0 Å². The number of likely N-dealkylation sites (tertiary alicyclic amines) is 1. The van der Waals surface area contributed by atoms with Crippen molar-refractivity contribution in [3.8, 4) is 0 Å². The topological polar surface area (TPSA) is 99.6 Å². The van der Waals surface area contributed by atoms with Crippen molar-refractivity contribution in [2.45, 2.75) is 62.3 Å². The van der Waals surface area contributed by atoms with Gasteiger partial charge in [-0.1, -0.05) is 31.5 Å². The number of carbonyl (C=O) groups is 3. The fraction of sp³-hybridized carbons (Fsp3) is 0.579. The monoisotopic (exact) mass is 393 g/mol. The third-order valence-corrected chi connectivity index (χ3v) is 5.62. The average Bonchev–Trinajstić information content (AvgIpc) is 3.19. The van der Waals surface area contributed by atoms with Crippen molar-refractivity contribution in [3.05, 3.63) is 23.9 Å². The number of nitrogens with zero attached hydrogens (tertiary/aromatic N) is 2. The second-order valence-corrected chi connectivity index (χ2v) is 7.98. The van der Waals surface area contributed by atoms with E-state index in [1.807, 2.05) is 18.7 Å². The van der Waals surface area contributed by atoms with Gasteiger partial charge in [-0.2, -0.15) is 0 Å². The third-order valence-electron chi connectivity index (χ3n) is 4.52. The maximum Gasteiger partial charge on any atom is 0.326 e. The van der Waals surface area contributed by atoms with Crippen LogP contribution in [0.5, 0.6) is 0 Å². The zero-order valence-corrected chi connectivity index (χ0v) is 16.6. The van der Waals surface area contributed by atoms with Gasteiger partial charge in [-0.3, -0.25) is 9.59 Å². The van der Waals surface area contributed by atoms with E-state index in [4.69, 9.17) is 0 Å². The van der Waals surface area contributed by atoms with Crippen LogP contribution < -0.4 is 5.32 Å². The Labute approximate surface area is 163 Å². The van der Waals surface area contributed by atoms with Gasteiger partial charge >= 0.3 is 5.97 Å². The fourth-order valence-corrected chi connectivity index (χ4v) is 3.97. The number of hydrogen-bond donors (Lipinski definition) is 2. The highest BCUT2D eigenvalue weighted by Crippen LogP contribution is 2.27. The molecule has 1 aliphatic rings. The summed E-state index contributed by atoms with van der Waals surface area (Å²) in [5, 5.41) is 12.0. The largest absolute Gasteiger partial charge is 0.480 e. The number of nitrogens with one attached hydrogen (secondary N) is 1. The number of thioether (sulfide) groups is 1. The molecule has 0 aliphatic carbocycles. The van der Waals surface area contributed by atoms with E-state index in [-0.39, 0.29) is 11.2 Å². The molecule has 2 amide bonds. The van der Waals surface area contributed by atoms with Gasteiger partial charge in [-0.25, -0.2) is 9.78 Å². The van der Waals surface area contributed by atoms with Crippen LogP contribution in [0, 0.1) is 0 Å². The number of carbonyl (C=O) groups excluding carboxylic acids is 2. The van der Waals surface area contributed by atoms with Crippen LogP contribution in [-0.2, 0) is 9.59 Å². The average molecular weight is 394 g/mol. The van der Waals surface area contributed by atoms with Crippen molar-refractivity contribution in [1.82, 2.24) is 15.2 Å². The maximum absolute atomic E-state index is 12.6. The molecular weight excluding hydrogens is 366 g/mol. The number of amides is 2. The number of pyridine rings is 1. The number of aromatic nitrogens is 1. The predicted molar refractivity (Wildman–Crippen MR) is 104 cm³/mol. The molecule has 2 rings (SSSR count). The van der Waals surface area contributed by atoms with Crippen LogP contribution in [0.25, 0.3) is 0 Å². The summed E-state index contributed by atoms with van der Waals surface area (Å²) < 4.78 is 0. The lowest BCUT2D eigenvalue weighted by Gasteiger charge is -2.20. The van der Waals surface area contributed by atoms with Crippen LogP contribution in [0.15, 0.2) is 23.4 Å². The quantitative estimate of drug-likeness (QED) is 0.626. The molecular formula is C19H27N3O4S. The second kappa shape index (κ2) is 10.3. The standard InChI is InChI=1S/C19H27N3O4S/c1-3-4-9-15(19(25)26)21-16(23)14-8-7-10-20-17(14)27-13(2)18(24)22-11-5-6-12-22/h7-8,10,13,15H,3-6,9,11-12H2,1-2H3,(H,21,23)(H,25,26). The molecule has 1 aromatic heterocycles. The Morgan fingerprint density at radius 3 is 2.67 bits per heavy atom. The minimum absolute atomic E-state index is 0.0425. The number of carboxylic acids is 1. The summed E-state index contributed by atoms with van der Waals surface area (Å²) in [5.41, 5.74) is 0.298. The van der Waals surface area contributed by atoms with E-state index in [2.05, 4.69) is 10.3 Å². The molecule has 1 aromatic rings. The highest BCUT2D eigenvalue weighted by Gasteiger charge is 2.27. The molecule has 7 nitrogen and oxygen atoms in total. The van der Waals surface area contributed by atoms with E-state index in [1.54, 1.807) is 18.3 Å². The summed E-state index contributed by atoms with van der Waals surface area (Å²) >= 11 is 1.24. The molecule has 1 saturated heterocycles. The number of unbranched alkanes of at least 4 members (excludes halogenated alkanes) is 1. The SMILES string of the molecule is CCCCC(NC(=O)c1cccnc1SC(C)C(=O)N1CCCC1)C(=O)O. The van der Waals surface area contributed by atoms with E-state index in [0.29, 0.717) is 23.4 Å². The summed E-state index contributed by atoms with van der Waals surface area (Å²) in [6, 6.07) is 2.31. The van der Waals surface area contributed by atoms with Gasteiger partial charge in [0, 0.05) is 19.3 Å². The van der Waals surface area contributed by atoms with Crippen LogP contribution in [0.4, 0.5) is 0 Å². The molecule has 1 fully saturated rings. The molecule has 2 unspecified atom stereocenters. The van der Waals surface area contributed by atoms with Gasteiger partial charge in [0.1, 0.15) is 11.1 Å². The molecule has 0 spiro atoms. The van der Waals surface area contributed by atoms with Crippen LogP contribution in [0.3, 0.4) is 0 Å². The summed E-state index contributed by atoms with van der Waals surface area (Å²) in [5.74, 6) is -1.48. The zero-order chi connectivity index (χ0) is 19.8. The predicted octanol–water partition coefficient (Wildman–Crippen LogP) is 2.56. The van der Waals surface area contributed by atoms with E-state index >= 15 is 0 Å². The first-order chi connectivity index (χ1) is 12.9. The molecule has 8 heteroatoms. The molecule has 0 saturated carbocycles. The Morgan fingerprint density at radius 1 is 1.33 bits per heavy atom. The Morgan fingerprint density at radius 2 is 2.04 bits per heavy atom. The summed E-state index contributed by atoms with van der Waals surface area (Å²) in [7, 11) is 0. The molecule has 0 aromatic carbocycles. The van der Waals surface area contributed by atoms with Crippen molar-refractivity contribution in [2.75, 3.05) is 13.1 Å². The van der Waals surface area contributed by atoms with Gasteiger partial charge in [0.2, 0.25) is 5.91 Å². The first-order valence-electron chi connectivity index (χ1n) is 9.38. The van der Waals surface area contributed by atoms with Gasteiger partial charge in [-0.05, 0) is 38.3 Å². The normalized spacial score (nSPS) is 16.0. The first-order valence-corrected chi connectivity index (χ1v) is 10.3. The molecule has 2 N–H and O–H groups in total. The minimum Gasteiger partial charge on any atom is -0.480 e. The van der Waals surface area contributed by atoms with E-state index < -0.39 is 17.9 Å². The van der Waals surface area contributed by atoms with E-state index in [1.165, 1.54) is 11.8 Å². The highest BCUT2D eigenvalue weighted by molar-refractivity contribution is 8.00. The Kier molecular flexibility index (Phi) is 8.09. The van der Waals surface area contributed by atoms with Gasteiger partial charge in [0.15, 0.2) is 0 Å². The molecule has 2 atom stereocenters. The molecule has 27 heavy (non-hydrogen) atoms. The number of carboxylic acid groups (broad SMARTS) is 1. The summed E-state index contributed by atoms with van der Waals surface area (Å²) in [6.07, 6.45) is 5.56. The Hall–Kier alpha value is -2.09. The van der Waals surface area contributed by atoms with Crippen LogP contribution in [-0.4, -0.2) is 57.2 Å². The van der Waals surface area contributed by atoms with Crippen LogP contribution >= 0.6 is 11.8 Å². The zero-order valence-electron chi connectivity index (χ0n) is 15.8. The maximum atomic E-state index is 12.6. The molecule has 2 heterocycles.